The van der Waals surface area contributed by atoms with E-state index in [9.17, 15) is 14.0 Å². The van der Waals surface area contributed by atoms with Crippen LogP contribution < -0.4 is 19.6 Å². The number of ether oxygens (including phenoxy) is 3. The van der Waals surface area contributed by atoms with Gasteiger partial charge < -0.3 is 14.2 Å². The van der Waals surface area contributed by atoms with Gasteiger partial charge in [0.15, 0.2) is 11.5 Å². The third-order valence-electron chi connectivity index (χ3n) is 4.37. The van der Waals surface area contributed by atoms with E-state index < -0.39 is 11.8 Å². The van der Waals surface area contributed by atoms with E-state index in [1.54, 1.807) is 49.6 Å². The Balaban J connectivity index is 1.52. The average molecular weight is 436 g/mol. The van der Waals surface area contributed by atoms with Crippen LogP contribution in [0, 0.1) is 5.82 Å². The zero-order valence-electron chi connectivity index (χ0n) is 17.5. The van der Waals surface area contributed by atoms with Crippen LogP contribution in [0.15, 0.2) is 71.8 Å². The molecule has 3 aromatic carbocycles. The molecule has 0 aliphatic rings. The molecule has 0 saturated heterocycles. The minimum Gasteiger partial charge on any atom is -0.493 e. The number of hydrogen-bond donors (Lipinski definition) is 1. The van der Waals surface area contributed by atoms with Gasteiger partial charge in [0.05, 0.1) is 32.4 Å². The van der Waals surface area contributed by atoms with Gasteiger partial charge >= 0.3 is 5.97 Å². The Bertz CT molecular complexity index is 1130. The fraction of sp³-hybridized carbons (Fsp3) is 0.125. The van der Waals surface area contributed by atoms with Crippen molar-refractivity contribution >= 4 is 18.1 Å². The molecule has 0 atom stereocenters. The topological polar surface area (TPSA) is 86.2 Å². The fourth-order valence-corrected chi connectivity index (χ4v) is 2.80. The van der Waals surface area contributed by atoms with Crippen LogP contribution in [-0.2, 0) is 11.2 Å². The van der Waals surface area contributed by atoms with E-state index in [2.05, 4.69) is 10.5 Å². The van der Waals surface area contributed by atoms with Gasteiger partial charge in [0.25, 0.3) is 0 Å². The second-order valence-electron chi connectivity index (χ2n) is 6.63. The van der Waals surface area contributed by atoms with Gasteiger partial charge in [-0.2, -0.15) is 5.10 Å². The van der Waals surface area contributed by atoms with Crippen LogP contribution >= 0.6 is 0 Å². The Kier molecular flexibility index (Phi) is 7.53. The summed E-state index contributed by atoms with van der Waals surface area (Å²) in [5.41, 5.74) is 4.01. The summed E-state index contributed by atoms with van der Waals surface area (Å²) in [6.07, 6.45) is 1.58. The highest BCUT2D eigenvalue weighted by Gasteiger charge is 2.10. The molecular weight excluding hydrogens is 415 g/mol. The highest BCUT2D eigenvalue weighted by atomic mass is 19.1. The van der Waals surface area contributed by atoms with Gasteiger partial charge in [0.1, 0.15) is 11.6 Å². The number of nitrogens with one attached hydrogen (secondary N) is 1. The highest BCUT2D eigenvalue weighted by molar-refractivity contribution is 5.91. The molecule has 0 fully saturated rings. The first-order valence-electron chi connectivity index (χ1n) is 9.59. The minimum absolute atomic E-state index is 0.118. The number of hydrogen-bond acceptors (Lipinski definition) is 6. The molecule has 7 nitrogen and oxygen atoms in total. The molecule has 0 aliphatic carbocycles. The Labute approximate surface area is 184 Å². The SMILES string of the molecule is COc1ccc(CC(=O)N/N=C\c2ccc(OC(=O)c3cccc(F)c3)cc2)cc1OC. The molecule has 0 radical (unpaired) electrons. The van der Waals surface area contributed by atoms with Crippen molar-refractivity contribution in [2.24, 2.45) is 5.10 Å². The molecule has 0 saturated carbocycles. The van der Waals surface area contributed by atoms with Gasteiger partial charge in [-0.1, -0.05) is 12.1 Å². The van der Waals surface area contributed by atoms with Gasteiger partial charge in [0.2, 0.25) is 5.91 Å². The zero-order chi connectivity index (χ0) is 22.9. The van der Waals surface area contributed by atoms with Crippen molar-refractivity contribution in [1.29, 1.82) is 0 Å². The number of methoxy groups -OCH3 is 2. The number of esters is 1. The molecule has 0 spiro atoms. The molecule has 8 heteroatoms. The van der Waals surface area contributed by atoms with Crippen molar-refractivity contribution in [3.63, 3.8) is 0 Å². The second kappa shape index (κ2) is 10.7. The maximum absolute atomic E-state index is 13.2. The smallest absolute Gasteiger partial charge is 0.343 e. The van der Waals surface area contributed by atoms with Crippen LogP contribution in [0.25, 0.3) is 0 Å². The Morgan fingerprint density at radius 1 is 0.969 bits per heavy atom. The van der Waals surface area contributed by atoms with Gasteiger partial charge in [0, 0.05) is 0 Å². The lowest BCUT2D eigenvalue weighted by molar-refractivity contribution is -0.120. The van der Waals surface area contributed by atoms with Crippen molar-refractivity contribution in [1.82, 2.24) is 5.43 Å². The van der Waals surface area contributed by atoms with Gasteiger partial charge in [-0.05, 0) is 65.7 Å². The lowest BCUT2D eigenvalue weighted by Gasteiger charge is -2.09. The highest BCUT2D eigenvalue weighted by Crippen LogP contribution is 2.27. The van der Waals surface area contributed by atoms with Crippen molar-refractivity contribution in [2.45, 2.75) is 6.42 Å². The lowest BCUT2D eigenvalue weighted by atomic mass is 10.1. The quantitative estimate of drug-likeness (QED) is 0.252. The number of hydrazone groups is 1. The first-order chi connectivity index (χ1) is 15.5. The molecule has 1 N–H and O–H groups in total. The van der Waals surface area contributed by atoms with Crippen molar-refractivity contribution in [3.05, 3.63) is 89.2 Å². The number of amides is 1. The zero-order valence-corrected chi connectivity index (χ0v) is 17.5. The molecular formula is C24H21FN2O5. The molecule has 0 bridgehead atoms. The average Bonchev–Trinajstić information content (AvgIpc) is 2.80. The number of halogens is 1. The van der Waals surface area contributed by atoms with Crippen LogP contribution in [-0.4, -0.2) is 32.3 Å². The van der Waals surface area contributed by atoms with Crippen molar-refractivity contribution < 1.29 is 28.2 Å². The van der Waals surface area contributed by atoms with E-state index in [1.165, 1.54) is 31.5 Å². The summed E-state index contributed by atoms with van der Waals surface area (Å²) in [7, 11) is 3.07. The Hall–Kier alpha value is -4.20. The monoisotopic (exact) mass is 436 g/mol. The fourth-order valence-electron chi connectivity index (χ4n) is 2.80. The number of carbonyl (C=O) groups excluding carboxylic acids is 2. The summed E-state index contributed by atoms with van der Waals surface area (Å²) in [5, 5.41) is 3.93. The molecule has 0 aliphatic heterocycles. The van der Waals surface area contributed by atoms with Crippen LogP contribution in [0.3, 0.4) is 0 Å². The van der Waals surface area contributed by atoms with E-state index in [-0.39, 0.29) is 17.9 Å². The molecule has 0 heterocycles. The Morgan fingerprint density at radius 2 is 1.72 bits per heavy atom. The maximum atomic E-state index is 13.2. The molecule has 3 aromatic rings. The van der Waals surface area contributed by atoms with E-state index in [0.717, 1.165) is 11.6 Å². The first-order valence-corrected chi connectivity index (χ1v) is 9.59. The molecule has 0 unspecified atom stereocenters. The molecule has 0 aromatic heterocycles. The maximum Gasteiger partial charge on any atom is 0.343 e. The summed E-state index contributed by atoms with van der Waals surface area (Å²) in [6.45, 7) is 0. The third-order valence-corrected chi connectivity index (χ3v) is 4.37. The van der Waals surface area contributed by atoms with Gasteiger partial charge in [-0.25, -0.2) is 14.6 Å². The summed E-state index contributed by atoms with van der Waals surface area (Å²) >= 11 is 0. The van der Waals surface area contributed by atoms with Crippen LogP contribution in [0.1, 0.15) is 21.5 Å². The van der Waals surface area contributed by atoms with E-state index in [1.807, 2.05) is 0 Å². The Morgan fingerprint density at radius 3 is 2.41 bits per heavy atom. The van der Waals surface area contributed by atoms with Crippen molar-refractivity contribution in [3.8, 4) is 17.2 Å². The van der Waals surface area contributed by atoms with E-state index in [0.29, 0.717) is 22.8 Å². The third kappa shape index (κ3) is 6.15. The van der Waals surface area contributed by atoms with Crippen LogP contribution in [0.2, 0.25) is 0 Å². The summed E-state index contributed by atoms with van der Waals surface area (Å²) in [6, 6.07) is 17.0. The normalized spacial score (nSPS) is 10.6. The molecule has 32 heavy (non-hydrogen) atoms. The van der Waals surface area contributed by atoms with Gasteiger partial charge in [-0.3, -0.25) is 4.79 Å². The number of rotatable bonds is 8. The molecule has 164 valence electrons. The largest absolute Gasteiger partial charge is 0.493 e. The number of carbonyl (C=O) groups is 2. The number of benzene rings is 3. The van der Waals surface area contributed by atoms with E-state index in [4.69, 9.17) is 14.2 Å². The standard InChI is InChI=1S/C24H21FN2O5/c1-30-21-11-8-17(12-22(21)31-2)13-23(28)27-26-15-16-6-9-20(10-7-16)32-24(29)18-4-3-5-19(25)14-18/h3-12,14-15H,13H2,1-2H3,(H,27,28)/b26-15-. The van der Waals surface area contributed by atoms with Crippen molar-refractivity contribution in [2.75, 3.05) is 14.2 Å². The van der Waals surface area contributed by atoms with Crippen LogP contribution in [0.4, 0.5) is 4.39 Å². The number of nitrogens with zero attached hydrogens (tertiary/aromatic N) is 1. The van der Waals surface area contributed by atoms with Crippen LogP contribution in [0.5, 0.6) is 17.2 Å². The first kappa shape index (κ1) is 22.5. The summed E-state index contributed by atoms with van der Waals surface area (Å²) in [4.78, 5) is 24.2. The van der Waals surface area contributed by atoms with E-state index >= 15 is 0 Å². The molecule has 3 rings (SSSR count). The predicted molar refractivity (Wildman–Crippen MR) is 117 cm³/mol. The molecule has 1 amide bonds. The predicted octanol–water partition coefficient (Wildman–Crippen LogP) is 3.75. The summed E-state index contributed by atoms with van der Waals surface area (Å²) in [5.74, 6) is -0.0465. The minimum atomic E-state index is -0.659. The summed E-state index contributed by atoms with van der Waals surface area (Å²) < 4.78 is 28.8. The lowest BCUT2D eigenvalue weighted by Crippen LogP contribution is -2.19. The van der Waals surface area contributed by atoms with Gasteiger partial charge in [-0.15, -0.1) is 0 Å². The second-order valence-corrected chi connectivity index (χ2v) is 6.63.